The van der Waals surface area contributed by atoms with Crippen molar-refractivity contribution >= 4 is 29.4 Å². The van der Waals surface area contributed by atoms with E-state index in [0.29, 0.717) is 30.3 Å². The van der Waals surface area contributed by atoms with Crippen LogP contribution in [-0.2, 0) is 4.79 Å². The summed E-state index contributed by atoms with van der Waals surface area (Å²) in [7, 11) is 1.52. The van der Waals surface area contributed by atoms with E-state index in [-0.39, 0.29) is 29.7 Å². The van der Waals surface area contributed by atoms with E-state index in [1.165, 1.54) is 24.5 Å². The summed E-state index contributed by atoms with van der Waals surface area (Å²) in [5.41, 5.74) is 8.16. The topological polar surface area (TPSA) is 159 Å². The number of aliphatic hydroxyl groups is 1. The molecule has 0 spiro atoms. The summed E-state index contributed by atoms with van der Waals surface area (Å²) in [6, 6.07) is 3.40. The van der Waals surface area contributed by atoms with Gasteiger partial charge in [0, 0.05) is 31.4 Å². The van der Waals surface area contributed by atoms with E-state index in [0.717, 1.165) is 25.0 Å². The average molecular weight is 465 g/mol. The number of aromatic nitrogens is 3. The Kier molecular flexibility index (Phi) is 7.12. The van der Waals surface area contributed by atoms with Crippen molar-refractivity contribution in [1.82, 2.24) is 25.2 Å². The number of allylic oxidation sites excluding steroid dienone is 1. The Labute approximate surface area is 197 Å². The first-order valence-electron chi connectivity index (χ1n) is 11.2. The average Bonchev–Trinajstić information content (AvgIpc) is 3.60. The van der Waals surface area contributed by atoms with Crippen LogP contribution >= 0.6 is 0 Å². The van der Waals surface area contributed by atoms with Gasteiger partial charge in [-0.05, 0) is 37.8 Å². The van der Waals surface area contributed by atoms with Gasteiger partial charge in [-0.3, -0.25) is 14.6 Å². The lowest BCUT2D eigenvalue weighted by atomic mass is 10.2. The lowest BCUT2D eigenvalue weighted by Gasteiger charge is -2.24. The van der Waals surface area contributed by atoms with Gasteiger partial charge in [-0.2, -0.15) is 0 Å². The Morgan fingerprint density at radius 2 is 2.03 bits per heavy atom. The van der Waals surface area contributed by atoms with Crippen molar-refractivity contribution in [2.75, 3.05) is 25.5 Å². The molecule has 2 aromatic heterocycles. The summed E-state index contributed by atoms with van der Waals surface area (Å²) in [5, 5.41) is 15.4. The van der Waals surface area contributed by atoms with Crippen molar-refractivity contribution < 1.29 is 14.7 Å². The highest BCUT2D eigenvalue weighted by Crippen LogP contribution is 2.39. The Hall–Kier alpha value is -3.86. The Balaban J connectivity index is 1.63. The molecule has 1 saturated carbocycles. The number of hydrogen-bond donors (Lipinski definition) is 4. The van der Waals surface area contributed by atoms with Gasteiger partial charge >= 0.3 is 0 Å². The molecule has 5 N–H and O–H groups in total. The molecule has 2 amide bonds. The van der Waals surface area contributed by atoms with E-state index >= 15 is 0 Å². The van der Waals surface area contributed by atoms with Gasteiger partial charge in [0.1, 0.15) is 12.0 Å². The zero-order chi connectivity index (χ0) is 24.1. The minimum atomic E-state index is -0.535. The molecule has 11 nitrogen and oxygen atoms in total. The lowest BCUT2D eigenvalue weighted by molar-refractivity contribution is -0.128. The zero-order valence-electron chi connectivity index (χ0n) is 18.9. The first-order chi connectivity index (χ1) is 16.5. The number of rotatable bonds is 8. The number of amides is 2. The third kappa shape index (κ3) is 5.20. The van der Waals surface area contributed by atoms with Crippen LogP contribution in [-0.4, -0.2) is 69.2 Å². The molecule has 1 unspecified atom stereocenters. The van der Waals surface area contributed by atoms with Gasteiger partial charge in [0.15, 0.2) is 5.69 Å². The molecule has 178 valence electrons. The van der Waals surface area contributed by atoms with Crippen LogP contribution in [0.5, 0.6) is 0 Å². The van der Waals surface area contributed by atoms with Gasteiger partial charge in [-0.1, -0.05) is 0 Å². The fraction of sp³-hybridized carbons (Fsp3) is 0.391. The van der Waals surface area contributed by atoms with Crippen LogP contribution in [0.2, 0.25) is 0 Å². The maximum absolute atomic E-state index is 13.3. The highest BCUT2D eigenvalue weighted by molar-refractivity contribution is 6.05. The van der Waals surface area contributed by atoms with Crippen LogP contribution < -0.4 is 16.4 Å². The number of carbonyl (C=O) groups is 2. The molecular weight excluding hydrogens is 436 g/mol. The van der Waals surface area contributed by atoms with Crippen LogP contribution in [0.25, 0.3) is 0 Å². The number of nitrogens with two attached hydrogens (primary N) is 1. The van der Waals surface area contributed by atoms with Crippen LogP contribution in [0.4, 0.5) is 11.4 Å². The van der Waals surface area contributed by atoms with E-state index < -0.39 is 11.8 Å². The van der Waals surface area contributed by atoms with E-state index in [1.807, 2.05) is 6.07 Å². The molecule has 4 rings (SSSR count). The van der Waals surface area contributed by atoms with Crippen LogP contribution in [0.15, 0.2) is 47.2 Å². The molecule has 0 bridgehead atoms. The van der Waals surface area contributed by atoms with E-state index in [4.69, 9.17) is 5.73 Å². The van der Waals surface area contributed by atoms with Crippen molar-refractivity contribution in [3.63, 3.8) is 0 Å². The van der Waals surface area contributed by atoms with Crippen LogP contribution in [0.3, 0.4) is 0 Å². The Morgan fingerprint density at radius 1 is 1.26 bits per heavy atom. The number of likely N-dealkylation sites (tertiary alicyclic amines) is 1. The molecule has 0 radical (unpaired) electrons. The maximum Gasteiger partial charge on any atom is 0.276 e. The van der Waals surface area contributed by atoms with Gasteiger partial charge in [0.25, 0.3) is 11.8 Å². The fourth-order valence-corrected chi connectivity index (χ4v) is 3.92. The number of nitrogens with zero attached hydrogens (tertiary/aromatic N) is 5. The molecule has 2 aromatic rings. The normalized spacial score (nSPS) is 18.6. The van der Waals surface area contributed by atoms with Crippen molar-refractivity contribution in [3.05, 3.63) is 53.6 Å². The minimum absolute atomic E-state index is 0.0775. The van der Waals surface area contributed by atoms with Gasteiger partial charge in [-0.25, -0.2) is 15.0 Å². The Morgan fingerprint density at radius 3 is 2.71 bits per heavy atom. The summed E-state index contributed by atoms with van der Waals surface area (Å²) in [5.74, 6) is -0.649. The zero-order valence-corrected chi connectivity index (χ0v) is 18.9. The van der Waals surface area contributed by atoms with Gasteiger partial charge < -0.3 is 26.4 Å². The summed E-state index contributed by atoms with van der Waals surface area (Å²) < 4.78 is 0. The predicted molar refractivity (Wildman–Crippen MR) is 126 cm³/mol. The number of aliphatic imine (C=N–C) groups is 1. The van der Waals surface area contributed by atoms with Crippen molar-refractivity contribution in [2.24, 2.45) is 10.7 Å². The first kappa shape index (κ1) is 23.3. The van der Waals surface area contributed by atoms with Gasteiger partial charge in [-0.15, -0.1) is 0 Å². The largest absolute Gasteiger partial charge is 0.394 e. The number of aliphatic hydroxyl groups excluding tert-OH is 1. The summed E-state index contributed by atoms with van der Waals surface area (Å²) in [6.07, 6.45) is 9.47. The number of pyridine rings is 1. The van der Waals surface area contributed by atoms with Crippen molar-refractivity contribution in [2.45, 2.75) is 37.6 Å². The third-order valence-electron chi connectivity index (χ3n) is 5.84. The second-order valence-corrected chi connectivity index (χ2v) is 8.30. The van der Waals surface area contributed by atoms with Crippen molar-refractivity contribution in [1.29, 1.82) is 0 Å². The third-order valence-corrected chi connectivity index (χ3v) is 5.84. The molecule has 2 fully saturated rings. The van der Waals surface area contributed by atoms with Crippen LogP contribution in [0.1, 0.15) is 47.8 Å². The molecule has 11 heteroatoms. The summed E-state index contributed by atoms with van der Waals surface area (Å²) in [4.78, 5) is 44.4. The number of anilines is 2. The van der Waals surface area contributed by atoms with E-state index in [2.05, 4.69) is 30.6 Å². The summed E-state index contributed by atoms with van der Waals surface area (Å²) >= 11 is 0. The van der Waals surface area contributed by atoms with Gasteiger partial charge in [0.2, 0.25) is 0 Å². The minimum Gasteiger partial charge on any atom is -0.394 e. The molecule has 1 aliphatic carbocycles. The second kappa shape index (κ2) is 10.4. The number of hydrogen-bond acceptors (Lipinski definition) is 9. The van der Waals surface area contributed by atoms with Gasteiger partial charge in [0.05, 0.1) is 42.1 Å². The predicted octanol–water partition coefficient (Wildman–Crippen LogP) is 1.08. The molecule has 0 aromatic carbocycles. The molecule has 34 heavy (non-hydrogen) atoms. The molecular formula is C23H28N8O3. The van der Waals surface area contributed by atoms with Crippen LogP contribution in [0, 0.1) is 0 Å². The maximum atomic E-state index is 13.3. The molecule has 1 atom stereocenters. The number of carbonyl (C=O) groups excluding carboxylic acids is 2. The SMILES string of the molecule is CN=CC(NC(=O)c1nc(C2CC2)ccc1Nc1cncnc1)=C(N)C(=O)N1CCCC1CO. The smallest absolute Gasteiger partial charge is 0.276 e. The molecule has 2 aliphatic rings. The summed E-state index contributed by atoms with van der Waals surface area (Å²) in [6.45, 7) is 0.353. The second-order valence-electron chi connectivity index (χ2n) is 8.30. The monoisotopic (exact) mass is 464 g/mol. The molecule has 3 heterocycles. The Bertz CT molecular complexity index is 1110. The highest BCUT2D eigenvalue weighted by Gasteiger charge is 2.31. The van der Waals surface area contributed by atoms with Crippen molar-refractivity contribution in [3.8, 4) is 0 Å². The standard InChI is InChI=1S/C23H28N8O3/c1-25-11-19(20(24)23(34)31-8-2-3-16(31)12-32)30-22(33)21-18(28-15-9-26-13-27-10-15)7-6-17(29-21)14-4-5-14/h6-7,9-11,13-14,16,28,32H,2-5,8,12,24H2,1H3,(H,30,33). The van der Waals surface area contributed by atoms with E-state index in [9.17, 15) is 14.7 Å². The quantitative estimate of drug-likeness (QED) is 0.334. The number of nitrogens with one attached hydrogen (secondary N) is 2. The van der Waals surface area contributed by atoms with E-state index in [1.54, 1.807) is 18.5 Å². The molecule has 1 aliphatic heterocycles. The fourth-order valence-electron chi connectivity index (χ4n) is 3.92. The first-order valence-corrected chi connectivity index (χ1v) is 11.2. The highest BCUT2D eigenvalue weighted by atomic mass is 16.3. The molecule has 1 saturated heterocycles. The lowest BCUT2D eigenvalue weighted by Crippen LogP contribution is -2.42.